The molecule has 2 aromatic heterocycles. The smallest absolute Gasteiger partial charge is 0.182 e. The summed E-state index contributed by atoms with van der Waals surface area (Å²) in [5.41, 5.74) is 4.04. The van der Waals surface area contributed by atoms with Crippen molar-refractivity contribution in [2.24, 2.45) is 5.92 Å². The standard InChI is InChI=1S/C19H27IN3O/c1-3-16-19(17-5-4-6-18(20)22(17)21-16)23(2,13-14-7-8-14)15-9-11-24-12-10-15/h4-6,14-15H,3,7-13H2,1-2H3/q+1. The molecule has 1 saturated carbocycles. The van der Waals surface area contributed by atoms with Gasteiger partial charge in [-0.25, -0.2) is 4.52 Å². The Hall–Kier alpha value is -0.660. The fourth-order valence-corrected chi connectivity index (χ4v) is 4.96. The summed E-state index contributed by atoms with van der Waals surface area (Å²) in [6.07, 6.45) is 6.11. The number of quaternary nitrogens is 1. The number of rotatable bonds is 5. The van der Waals surface area contributed by atoms with E-state index in [1.54, 1.807) is 0 Å². The van der Waals surface area contributed by atoms with Gasteiger partial charge in [-0.15, -0.1) is 0 Å². The lowest BCUT2D eigenvalue weighted by Gasteiger charge is -2.43. The van der Waals surface area contributed by atoms with Gasteiger partial charge in [-0.3, -0.25) is 4.48 Å². The molecule has 0 amide bonds. The predicted molar refractivity (Wildman–Crippen MR) is 106 cm³/mol. The first-order valence-electron chi connectivity index (χ1n) is 9.23. The number of nitrogens with zero attached hydrogens (tertiary/aromatic N) is 3. The second kappa shape index (κ2) is 6.57. The topological polar surface area (TPSA) is 26.5 Å². The number of ether oxygens (including phenoxy) is 1. The molecule has 2 aromatic rings. The second-order valence-corrected chi connectivity index (χ2v) is 8.64. The molecule has 24 heavy (non-hydrogen) atoms. The van der Waals surface area contributed by atoms with Gasteiger partial charge in [-0.1, -0.05) is 13.0 Å². The van der Waals surface area contributed by atoms with Crippen LogP contribution in [-0.4, -0.2) is 42.5 Å². The monoisotopic (exact) mass is 440 g/mol. The first-order valence-corrected chi connectivity index (χ1v) is 10.3. The molecule has 3 heterocycles. The number of fused-ring (bicyclic) bond motifs is 1. The van der Waals surface area contributed by atoms with Crippen LogP contribution >= 0.6 is 22.6 Å². The van der Waals surface area contributed by atoms with Crippen LogP contribution in [0.2, 0.25) is 0 Å². The Bertz CT molecular complexity index is 734. The van der Waals surface area contributed by atoms with Gasteiger partial charge >= 0.3 is 0 Å². The minimum absolute atomic E-state index is 0.649. The zero-order valence-corrected chi connectivity index (χ0v) is 16.8. The molecule has 1 aliphatic heterocycles. The molecule has 0 aromatic carbocycles. The van der Waals surface area contributed by atoms with Gasteiger partial charge in [0.15, 0.2) is 5.69 Å². The average molecular weight is 440 g/mol. The quantitative estimate of drug-likeness (QED) is 0.399. The number of hydrogen-bond donors (Lipinski definition) is 0. The third kappa shape index (κ3) is 2.88. The number of aryl methyl sites for hydroxylation is 1. The largest absolute Gasteiger partial charge is 0.381 e. The van der Waals surface area contributed by atoms with E-state index in [9.17, 15) is 0 Å². The second-order valence-electron chi connectivity index (χ2n) is 7.53. The van der Waals surface area contributed by atoms with Crippen LogP contribution in [-0.2, 0) is 11.2 Å². The Morgan fingerprint density at radius 3 is 2.67 bits per heavy atom. The van der Waals surface area contributed by atoms with Crippen molar-refractivity contribution in [1.29, 1.82) is 0 Å². The summed E-state index contributed by atoms with van der Waals surface area (Å²) in [4.78, 5) is 0. The van der Waals surface area contributed by atoms with E-state index in [-0.39, 0.29) is 0 Å². The lowest BCUT2D eigenvalue weighted by Crippen LogP contribution is -2.57. The maximum atomic E-state index is 5.66. The van der Waals surface area contributed by atoms with Gasteiger partial charge in [0, 0.05) is 18.8 Å². The van der Waals surface area contributed by atoms with Gasteiger partial charge in [-0.2, -0.15) is 5.10 Å². The zero-order chi connectivity index (χ0) is 16.7. The highest BCUT2D eigenvalue weighted by atomic mass is 127. The normalized spacial score (nSPS) is 22.0. The summed E-state index contributed by atoms with van der Waals surface area (Å²) in [5, 5.41) is 4.98. The van der Waals surface area contributed by atoms with Gasteiger partial charge in [0.25, 0.3) is 0 Å². The van der Waals surface area contributed by atoms with E-state index in [0.29, 0.717) is 6.04 Å². The summed E-state index contributed by atoms with van der Waals surface area (Å²) in [7, 11) is 2.46. The van der Waals surface area contributed by atoms with E-state index in [4.69, 9.17) is 9.84 Å². The number of hydrogen-bond acceptors (Lipinski definition) is 2. The number of pyridine rings is 1. The Kier molecular flexibility index (Phi) is 4.60. The molecule has 1 unspecified atom stereocenters. The molecule has 1 atom stereocenters. The van der Waals surface area contributed by atoms with E-state index in [1.165, 1.54) is 40.0 Å². The van der Waals surface area contributed by atoms with E-state index in [1.807, 2.05) is 0 Å². The Morgan fingerprint density at radius 1 is 1.25 bits per heavy atom. The molecule has 2 aliphatic rings. The maximum Gasteiger partial charge on any atom is 0.182 e. The maximum absolute atomic E-state index is 5.66. The molecule has 1 saturated heterocycles. The molecular weight excluding hydrogens is 413 g/mol. The van der Waals surface area contributed by atoms with Crippen molar-refractivity contribution in [2.45, 2.75) is 45.1 Å². The summed E-state index contributed by atoms with van der Waals surface area (Å²) in [6, 6.07) is 7.22. The molecule has 0 radical (unpaired) electrons. The summed E-state index contributed by atoms with van der Waals surface area (Å²) < 4.78 is 10.0. The first kappa shape index (κ1) is 16.8. The van der Waals surface area contributed by atoms with Crippen LogP contribution in [0.1, 0.15) is 38.3 Å². The van der Waals surface area contributed by atoms with Crippen molar-refractivity contribution >= 4 is 33.8 Å². The van der Waals surface area contributed by atoms with Gasteiger partial charge < -0.3 is 4.74 Å². The molecule has 0 N–H and O–H groups in total. The van der Waals surface area contributed by atoms with E-state index < -0.39 is 0 Å². The lowest BCUT2D eigenvalue weighted by atomic mass is 10.0. The molecule has 0 bridgehead atoms. The summed E-state index contributed by atoms with van der Waals surface area (Å²) in [6.45, 7) is 5.30. The van der Waals surface area contributed by atoms with Crippen LogP contribution in [0, 0.1) is 9.62 Å². The SMILES string of the molecule is CCc1nn2c(I)cccc2c1[N+](C)(CC1CC1)C1CCOCC1. The highest BCUT2D eigenvalue weighted by Gasteiger charge is 2.44. The van der Waals surface area contributed by atoms with Gasteiger partial charge in [0.2, 0.25) is 0 Å². The fraction of sp³-hybridized carbons (Fsp3) is 0.632. The fourth-order valence-electron chi connectivity index (χ4n) is 4.38. The Morgan fingerprint density at radius 2 is 2.00 bits per heavy atom. The van der Waals surface area contributed by atoms with Gasteiger partial charge in [0.1, 0.15) is 14.9 Å². The van der Waals surface area contributed by atoms with Crippen molar-refractivity contribution < 1.29 is 4.74 Å². The molecule has 4 rings (SSSR count). The van der Waals surface area contributed by atoms with Crippen LogP contribution < -0.4 is 4.48 Å². The summed E-state index contributed by atoms with van der Waals surface area (Å²) in [5.74, 6) is 0.889. The van der Waals surface area contributed by atoms with Crippen molar-refractivity contribution in [1.82, 2.24) is 14.1 Å². The average Bonchev–Trinajstić information content (AvgIpc) is 3.32. The molecule has 2 fully saturated rings. The lowest BCUT2D eigenvalue weighted by molar-refractivity contribution is 0.0436. The molecule has 0 spiro atoms. The highest BCUT2D eigenvalue weighted by molar-refractivity contribution is 14.1. The van der Waals surface area contributed by atoms with Crippen LogP contribution in [0.4, 0.5) is 5.69 Å². The van der Waals surface area contributed by atoms with Crippen LogP contribution in [0.25, 0.3) is 5.52 Å². The van der Waals surface area contributed by atoms with Crippen LogP contribution in [0.15, 0.2) is 18.2 Å². The molecule has 4 nitrogen and oxygen atoms in total. The highest BCUT2D eigenvalue weighted by Crippen LogP contribution is 2.41. The number of halogens is 1. The Balaban J connectivity index is 1.87. The van der Waals surface area contributed by atoms with Crippen molar-refractivity contribution in [3.05, 3.63) is 27.6 Å². The van der Waals surface area contributed by atoms with E-state index in [0.717, 1.165) is 42.9 Å². The third-order valence-electron chi connectivity index (χ3n) is 5.83. The number of aromatic nitrogens is 2. The predicted octanol–water partition coefficient (Wildman–Crippen LogP) is 4.03. The molecule has 5 heteroatoms. The molecule has 130 valence electrons. The summed E-state index contributed by atoms with van der Waals surface area (Å²) >= 11 is 2.40. The zero-order valence-electron chi connectivity index (χ0n) is 14.7. The third-order valence-corrected chi connectivity index (χ3v) is 6.65. The first-order chi connectivity index (χ1) is 11.6. The van der Waals surface area contributed by atoms with E-state index >= 15 is 0 Å². The van der Waals surface area contributed by atoms with Crippen molar-refractivity contribution in [2.75, 3.05) is 26.8 Å². The van der Waals surface area contributed by atoms with Crippen molar-refractivity contribution in [3.8, 4) is 0 Å². The molecular formula is C19H27IN3O+. The molecule has 1 aliphatic carbocycles. The minimum Gasteiger partial charge on any atom is -0.381 e. The Labute approximate surface area is 157 Å². The van der Waals surface area contributed by atoms with Gasteiger partial charge in [0.05, 0.1) is 32.8 Å². The van der Waals surface area contributed by atoms with Crippen LogP contribution in [0.3, 0.4) is 0 Å². The van der Waals surface area contributed by atoms with E-state index in [2.05, 4.69) is 59.3 Å². The minimum atomic E-state index is 0.649. The van der Waals surface area contributed by atoms with Gasteiger partial charge in [-0.05, 0) is 54.0 Å². The van der Waals surface area contributed by atoms with Crippen LogP contribution in [0.5, 0.6) is 0 Å². The van der Waals surface area contributed by atoms with Crippen molar-refractivity contribution in [3.63, 3.8) is 0 Å².